The van der Waals surface area contributed by atoms with Crippen molar-refractivity contribution in [3.05, 3.63) is 23.9 Å². The second-order valence-electron chi connectivity index (χ2n) is 3.97. The van der Waals surface area contributed by atoms with Crippen LogP contribution < -0.4 is 10.2 Å². The van der Waals surface area contributed by atoms with Gasteiger partial charge in [-0.25, -0.2) is 4.98 Å². The van der Waals surface area contributed by atoms with Crippen molar-refractivity contribution in [2.45, 2.75) is 33.4 Å². The standard InChI is InChI=1S/C12H21N3/c1-5-13-9-11-7-6-8-12(14-11)15(4)10(2)3/h6-8,10,13H,5,9H2,1-4H3. The van der Waals surface area contributed by atoms with E-state index in [1.807, 2.05) is 0 Å². The topological polar surface area (TPSA) is 28.2 Å². The van der Waals surface area contributed by atoms with Crippen molar-refractivity contribution in [3.8, 4) is 0 Å². The Kier molecular flexibility index (Phi) is 4.56. The molecule has 1 N–H and O–H groups in total. The molecule has 1 heterocycles. The van der Waals surface area contributed by atoms with Gasteiger partial charge in [0, 0.05) is 19.6 Å². The summed E-state index contributed by atoms with van der Waals surface area (Å²) in [4.78, 5) is 6.77. The quantitative estimate of drug-likeness (QED) is 0.801. The van der Waals surface area contributed by atoms with Gasteiger partial charge in [0.25, 0.3) is 0 Å². The van der Waals surface area contributed by atoms with E-state index in [-0.39, 0.29) is 0 Å². The summed E-state index contributed by atoms with van der Waals surface area (Å²) < 4.78 is 0. The third-order valence-electron chi connectivity index (χ3n) is 2.48. The van der Waals surface area contributed by atoms with Crippen molar-refractivity contribution in [3.63, 3.8) is 0 Å². The third-order valence-corrected chi connectivity index (χ3v) is 2.48. The molecular weight excluding hydrogens is 186 g/mol. The Hall–Kier alpha value is -1.09. The highest BCUT2D eigenvalue weighted by atomic mass is 15.2. The lowest BCUT2D eigenvalue weighted by molar-refractivity contribution is 0.700. The number of pyridine rings is 1. The highest BCUT2D eigenvalue weighted by Crippen LogP contribution is 2.12. The SMILES string of the molecule is CCNCc1cccc(N(C)C(C)C)n1. The predicted octanol–water partition coefficient (Wildman–Crippen LogP) is 2.04. The minimum atomic E-state index is 0.479. The Morgan fingerprint density at radius 2 is 2.13 bits per heavy atom. The first-order valence-electron chi connectivity index (χ1n) is 5.54. The smallest absolute Gasteiger partial charge is 0.128 e. The van der Waals surface area contributed by atoms with Gasteiger partial charge in [-0.2, -0.15) is 0 Å². The van der Waals surface area contributed by atoms with Gasteiger partial charge in [-0.15, -0.1) is 0 Å². The van der Waals surface area contributed by atoms with Gasteiger partial charge in [-0.1, -0.05) is 13.0 Å². The first-order chi connectivity index (χ1) is 7.15. The number of anilines is 1. The van der Waals surface area contributed by atoms with E-state index in [0.717, 1.165) is 24.6 Å². The van der Waals surface area contributed by atoms with Gasteiger partial charge in [0.2, 0.25) is 0 Å². The third kappa shape index (κ3) is 3.51. The van der Waals surface area contributed by atoms with Crippen molar-refractivity contribution >= 4 is 5.82 Å². The molecule has 3 heteroatoms. The summed E-state index contributed by atoms with van der Waals surface area (Å²) in [6.45, 7) is 8.25. The molecule has 0 radical (unpaired) electrons. The van der Waals surface area contributed by atoms with E-state index in [4.69, 9.17) is 0 Å². The van der Waals surface area contributed by atoms with E-state index in [0.29, 0.717) is 6.04 Å². The summed E-state index contributed by atoms with van der Waals surface area (Å²) >= 11 is 0. The van der Waals surface area contributed by atoms with Crippen LogP contribution in [0.2, 0.25) is 0 Å². The molecule has 3 nitrogen and oxygen atoms in total. The zero-order chi connectivity index (χ0) is 11.3. The van der Waals surface area contributed by atoms with Gasteiger partial charge in [0.1, 0.15) is 5.82 Å². The largest absolute Gasteiger partial charge is 0.357 e. The molecule has 0 atom stereocenters. The minimum absolute atomic E-state index is 0.479. The molecule has 0 aliphatic carbocycles. The molecule has 0 saturated heterocycles. The first kappa shape index (κ1) is 12.0. The van der Waals surface area contributed by atoms with Crippen LogP contribution in [0, 0.1) is 0 Å². The molecule has 0 unspecified atom stereocenters. The molecule has 0 spiro atoms. The molecule has 0 saturated carbocycles. The van der Waals surface area contributed by atoms with E-state index in [1.165, 1.54) is 0 Å². The van der Waals surface area contributed by atoms with Gasteiger partial charge in [-0.05, 0) is 32.5 Å². The van der Waals surface area contributed by atoms with E-state index in [1.54, 1.807) is 0 Å². The Bertz CT molecular complexity index is 297. The van der Waals surface area contributed by atoms with Gasteiger partial charge >= 0.3 is 0 Å². The first-order valence-corrected chi connectivity index (χ1v) is 5.54. The average Bonchev–Trinajstić information content (AvgIpc) is 2.25. The van der Waals surface area contributed by atoms with Crippen LogP contribution in [0.5, 0.6) is 0 Å². The van der Waals surface area contributed by atoms with E-state index in [2.05, 4.69) is 61.2 Å². The molecule has 84 valence electrons. The zero-order valence-electron chi connectivity index (χ0n) is 10.1. The number of aromatic nitrogens is 1. The van der Waals surface area contributed by atoms with Crippen molar-refractivity contribution in [2.75, 3.05) is 18.5 Å². The number of hydrogen-bond acceptors (Lipinski definition) is 3. The second kappa shape index (κ2) is 5.71. The summed E-state index contributed by atoms with van der Waals surface area (Å²) in [7, 11) is 2.07. The maximum Gasteiger partial charge on any atom is 0.128 e. The highest BCUT2D eigenvalue weighted by molar-refractivity contribution is 5.39. The highest BCUT2D eigenvalue weighted by Gasteiger charge is 2.06. The molecule has 1 rings (SSSR count). The van der Waals surface area contributed by atoms with E-state index < -0.39 is 0 Å². The van der Waals surface area contributed by atoms with Crippen LogP contribution in [0.3, 0.4) is 0 Å². The Labute approximate surface area is 92.5 Å². The van der Waals surface area contributed by atoms with Crippen molar-refractivity contribution < 1.29 is 0 Å². The average molecular weight is 207 g/mol. The summed E-state index contributed by atoms with van der Waals surface area (Å²) in [5, 5.41) is 3.28. The normalized spacial score (nSPS) is 10.7. The summed E-state index contributed by atoms with van der Waals surface area (Å²) in [5.74, 6) is 1.04. The van der Waals surface area contributed by atoms with Crippen LogP contribution in [0.1, 0.15) is 26.5 Å². The van der Waals surface area contributed by atoms with Gasteiger partial charge in [0.05, 0.1) is 5.69 Å². The molecule has 0 bridgehead atoms. The van der Waals surface area contributed by atoms with Crippen LogP contribution in [-0.4, -0.2) is 24.6 Å². The molecule has 0 fully saturated rings. The lowest BCUT2D eigenvalue weighted by Crippen LogP contribution is -2.27. The zero-order valence-corrected chi connectivity index (χ0v) is 10.1. The summed E-state index contributed by atoms with van der Waals surface area (Å²) in [6.07, 6.45) is 0. The lowest BCUT2D eigenvalue weighted by Gasteiger charge is -2.22. The number of rotatable bonds is 5. The Morgan fingerprint density at radius 1 is 1.40 bits per heavy atom. The Morgan fingerprint density at radius 3 is 2.73 bits per heavy atom. The van der Waals surface area contributed by atoms with E-state index in [9.17, 15) is 0 Å². The van der Waals surface area contributed by atoms with Crippen LogP contribution in [0.4, 0.5) is 5.82 Å². The molecule has 1 aromatic heterocycles. The maximum atomic E-state index is 4.59. The van der Waals surface area contributed by atoms with Crippen LogP contribution in [-0.2, 0) is 6.54 Å². The van der Waals surface area contributed by atoms with Gasteiger partial charge in [-0.3, -0.25) is 0 Å². The molecule has 1 aromatic rings. The van der Waals surface area contributed by atoms with Crippen molar-refractivity contribution in [2.24, 2.45) is 0 Å². The minimum Gasteiger partial charge on any atom is -0.357 e. The molecule has 0 amide bonds. The fraction of sp³-hybridized carbons (Fsp3) is 0.583. The van der Waals surface area contributed by atoms with Crippen molar-refractivity contribution in [1.82, 2.24) is 10.3 Å². The van der Waals surface area contributed by atoms with Crippen LogP contribution in [0.15, 0.2) is 18.2 Å². The molecular formula is C12H21N3. The van der Waals surface area contributed by atoms with Gasteiger partial charge in [0.15, 0.2) is 0 Å². The number of nitrogens with one attached hydrogen (secondary N) is 1. The fourth-order valence-corrected chi connectivity index (χ4v) is 1.28. The number of hydrogen-bond donors (Lipinski definition) is 1. The van der Waals surface area contributed by atoms with Crippen molar-refractivity contribution in [1.29, 1.82) is 0 Å². The second-order valence-corrected chi connectivity index (χ2v) is 3.97. The van der Waals surface area contributed by atoms with Crippen LogP contribution >= 0.6 is 0 Å². The monoisotopic (exact) mass is 207 g/mol. The maximum absolute atomic E-state index is 4.59. The predicted molar refractivity (Wildman–Crippen MR) is 65.2 cm³/mol. The number of nitrogens with zero attached hydrogens (tertiary/aromatic N) is 2. The lowest BCUT2D eigenvalue weighted by atomic mass is 10.3. The molecule has 0 aliphatic heterocycles. The summed E-state index contributed by atoms with van der Waals surface area (Å²) in [5.41, 5.74) is 1.10. The van der Waals surface area contributed by atoms with Gasteiger partial charge < -0.3 is 10.2 Å². The van der Waals surface area contributed by atoms with E-state index >= 15 is 0 Å². The van der Waals surface area contributed by atoms with Crippen LogP contribution in [0.25, 0.3) is 0 Å². The molecule has 0 aromatic carbocycles. The molecule has 0 aliphatic rings. The Balaban J connectivity index is 2.73. The fourth-order valence-electron chi connectivity index (χ4n) is 1.28. The molecule has 15 heavy (non-hydrogen) atoms. The summed E-state index contributed by atoms with van der Waals surface area (Å²) in [6, 6.07) is 6.65.